The maximum absolute atomic E-state index is 11.7. The minimum absolute atomic E-state index is 0.0267. The lowest BCUT2D eigenvalue weighted by atomic mass is 10.1. The predicted octanol–water partition coefficient (Wildman–Crippen LogP) is 1.21. The van der Waals surface area contributed by atoms with E-state index in [-0.39, 0.29) is 16.6 Å². The van der Waals surface area contributed by atoms with Gasteiger partial charge in [-0.05, 0) is 32.4 Å². The van der Waals surface area contributed by atoms with Crippen molar-refractivity contribution in [2.24, 2.45) is 5.14 Å². The Morgan fingerprint density at radius 1 is 1.35 bits per heavy atom. The van der Waals surface area contributed by atoms with Crippen LogP contribution < -0.4 is 5.14 Å². The maximum Gasteiger partial charge on any atom is 0.339 e. The quantitative estimate of drug-likeness (QED) is 0.824. The second-order valence-electron chi connectivity index (χ2n) is 3.95. The molecule has 0 saturated carbocycles. The summed E-state index contributed by atoms with van der Waals surface area (Å²) in [6, 6.07) is 4.55. The van der Waals surface area contributed by atoms with Gasteiger partial charge in [0, 0.05) is 0 Å². The molecule has 1 rings (SSSR count). The van der Waals surface area contributed by atoms with E-state index < -0.39 is 16.0 Å². The number of aryl methyl sites for hydroxylation is 1. The number of nitrogens with two attached hydrogens (primary N) is 1. The summed E-state index contributed by atoms with van der Waals surface area (Å²) in [7, 11) is -3.95. The summed E-state index contributed by atoms with van der Waals surface area (Å²) in [6.07, 6.45) is -0.323. The van der Waals surface area contributed by atoms with E-state index in [4.69, 9.17) is 9.88 Å². The lowest BCUT2D eigenvalue weighted by molar-refractivity contribution is 0.0373. The van der Waals surface area contributed by atoms with Crippen LogP contribution in [0.15, 0.2) is 23.1 Å². The minimum atomic E-state index is -3.95. The van der Waals surface area contributed by atoms with Crippen molar-refractivity contribution >= 4 is 16.0 Å². The third-order valence-electron chi connectivity index (χ3n) is 2.06. The zero-order valence-electron chi connectivity index (χ0n) is 9.93. The Kier molecular flexibility index (Phi) is 3.90. The van der Waals surface area contributed by atoms with Crippen LogP contribution in [-0.4, -0.2) is 20.5 Å². The van der Waals surface area contributed by atoms with Gasteiger partial charge >= 0.3 is 5.97 Å². The first kappa shape index (κ1) is 13.7. The molecule has 0 radical (unpaired) electrons. The van der Waals surface area contributed by atoms with E-state index in [2.05, 4.69) is 0 Å². The molecular weight excluding hydrogens is 242 g/mol. The number of esters is 1. The fraction of sp³-hybridized carbons (Fsp3) is 0.364. The number of carbonyl (C=O) groups excluding carboxylic acids is 1. The number of rotatable bonds is 3. The van der Waals surface area contributed by atoms with Crippen molar-refractivity contribution in [1.29, 1.82) is 0 Å². The first-order valence-electron chi connectivity index (χ1n) is 5.07. The van der Waals surface area contributed by atoms with Crippen LogP contribution in [-0.2, 0) is 14.8 Å². The Bertz CT molecular complexity index is 534. The maximum atomic E-state index is 11.7. The van der Waals surface area contributed by atoms with E-state index in [0.717, 1.165) is 0 Å². The zero-order chi connectivity index (χ0) is 13.2. The smallest absolute Gasteiger partial charge is 0.339 e. The average molecular weight is 257 g/mol. The molecule has 0 spiro atoms. The molecule has 0 amide bonds. The first-order chi connectivity index (χ1) is 7.73. The van der Waals surface area contributed by atoms with Gasteiger partial charge in [-0.2, -0.15) is 0 Å². The highest BCUT2D eigenvalue weighted by atomic mass is 32.2. The van der Waals surface area contributed by atoms with Crippen molar-refractivity contribution in [2.45, 2.75) is 31.8 Å². The summed E-state index contributed by atoms with van der Waals surface area (Å²) in [5.41, 5.74) is 0.395. The van der Waals surface area contributed by atoms with Crippen molar-refractivity contribution < 1.29 is 17.9 Å². The molecule has 0 aliphatic heterocycles. The van der Waals surface area contributed by atoms with Gasteiger partial charge in [0.25, 0.3) is 0 Å². The third-order valence-corrected chi connectivity index (χ3v) is 3.17. The average Bonchev–Trinajstić information content (AvgIpc) is 2.14. The van der Waals surface area contributed by atoms with Crippen LogP contribution in [0.25, 0.3) is 0 Å². The Balaban J connectivity index is 3.35. The summed E-state index contributed by atoms with van der Waals surface area (Å²) in [5, 5.41) is 5.09. The van der Waals surface area contributed by atoms with Gasteiger partial charge in [0.05, 0.1) is 16.6 Å². The van der Waals surface area contributed by atoms with Gasteiger partial charge in [-0.3, -0.25) is 0 Å². The highest BCUT2D eigenvalue weighted by molar-refractivity contribution is 7.89. The van der Waals surface area contributed by atoms with E-state index in [1.54, 1.807) is 32.9 Å². The lowest BCUT2D eigenvalue weighted by Crippen LogP contribution is -2.20. The van der Waals surface area contributed by atoms with Crippen LogP contribution in [0.1, 0.15) is 29.8 Å². The van der Waals surface area contributed by atoms with Crippen molar-refractivity contribution in [1.82, 2.24) is 0 Å². The van der Waals surface area contributed by atoms with Gasteiger partial charge in [0.1, 0.15) is 0 Å². The Hall–Kier alpha value is -1.40. The van der Waals surface area contributed by atoms with Crippen LogP contribution in [0.4, 0.5) is 0 Å². The Morgan fingerprint density at radius 3 is 2.41 bits per heavy atom. The number of hydrogen-bond donors (Lipinski definition) is 1. The van der Waals surface area contributed by atoms with Crippen molar-refractivity contribution in [3.05, 3.63) is 29.3 Å². The molecular formula is C11H15NO4S. The SMILES string of the molecule is Cc1cccc(C(=O)OC(C)C)c1S(N)(=O)=O. The van der Waals surface area contributed by atoms with E-state index in [0.29, 0.717) is 5.56 Å². The van der Waals surface area contributed by atoms with E-state index in [1.165, 1.54) is 6.07 Å². The van der Waals surface area contributed by atoms with Gasteiger partial charge < -0.3 is 4.74 Å². The lowest BCUT2D eigenvalue weighted by Gasteiger charge is -2.12. The van der Waals surface area contributed by atoms with E-state index >= 15 is 0 Å². The summed E-state index contributed by atoms with van der Waals surface area (Å²) >= 11 is 0. The van der Waals surface area contributed by atoms with E-state index in [9.17, 15) is 13.2 Å². The Labute approximate surface area is 101 Å². The van der Waals surface area contributed by atoms with Crippen LogP contribution >= 0.6 is 0 Å². The summed E-state index contributed by atoms with van der Waals surface area (Å²) in [4.78, 5) is 11.6. The molecule has 0 bridgehead atoms. The molecule has 0 fully saturated rings. The molecule has 2 N–H and O–H groups in total. The zero-order valence-corrected chi connectivity index (χ0v) is 10.7. The molecule has 0 aliphatic carbocycles. The standard InChI is InChI=1S/C11H15NO4S/c1-7(2)16-11(13)9-6-4-5-8(3)10(9)17(12,14)15/h4-7H,1-3H3,(H2,12,14,15). The molecule has 0 atom stereocenters. The fourth-order valence-corrected chi connectivity index (χ4v) is 2.44. The largest absolute Gasteiger partial charge is 0.459 e. The van der Waals surface area contributed by atoms with Crippen molar-refractivity contribution in [2.75, 3.05) is 0 Å². The second kappa shape index (κ2) is 4.85. The van der Waals surface area contributed by atoms with Crippen molar-refractivity contribution in [3.63, 3.8) is 0 Å². The van der Waals surface area contributed by atoms with E-state index in [1.807, 2.05) is 0 Å². The Morgan fingerprint density at radius 2 is 1.94 bits per heavy atom. The van der Waals surface area contributed by atoms with Gasteiger partial charge in [0.15, 0.2) is 0 Å². The molecule has 1 aromatic carbocycles. The predicted molar refractivity (Wildman–Crippen MR) is 63.1 cm³/mol. The van der Waals surface area contributed by atoms with Gasteiger partial charge in [-0.15, -0.1) is 0 Å². The van der Waals surface area contributed by atoms with Crippen molar-refractivity contribution in [3.8, 4) is 0 Å². The third kappa shape index (κ3) is 3.28. The van der Waals surface area contributed by atoms with Gasteiger partial charge in [-0.1, -0.05) is 12.1 Å². The number of benzene rings is 1. The number of hydrogen-bond acceptors (Lipinski definition) is 4. The molecule has 1 aromatic rings. The van der Waals surface area contributed by atoms with Gasteiger partial charge in [-0.25, -0.2) is 18.4 Å². The van der Waals surface area contributed by atoms with Gasteiger partial charge in [0.2, 0.25) is 10.0 Å². The van der Waals surface area contributed by atoms with Crippen LogP contribution in [0.5, 0.6) is 0 Å². The number of primary sulfonamides is 1. The number of ether oxygens (including phenoxy) is 1. The van der Waals surface area contributed by atoms with Crippen LogP contribution in [0.3, 0.4) is 0 Å². The molecule has 94 valence electrons. The van der Waals surface area contributed by atoms with Crippen LogP contribution in [0, 0.1) is 6.92 Å². The molecule has 0 saturated heterocycles. The molecule has 6 heteroatoms. The molecule has 17 heavy (non-hydrogen) atoms. The molecule has 0 aromatic heterocycles. The summed E-state index contributed by atoms with van der Waals surface area (Å²) in [5.74, 6) is -0.687. The van der Waals surface area contributed by atoms with Crippen LogP contribution in [0.2, 0.25) is 0 Å². The summed E-state index contributed by atoms with van der Waals surface area (Å²) < 4.78 is 27.8. The second-order valence-corrected chi connectivity index (χ2v) is 5.45. The monoisotopic (exact) mass is 257 g/mol. The number of carbonyl (C=O) groups is 1. The molecule has 5 nitrogen and oxygen atoms in total. The minimum Gasteiger partial charge on any atom is -0.459 e. The number of sulfonamides is 1. The summed E-state index contributed by atoms with van der Waals surface area (Å²) in [6.45, 7) is 4.94. The molecule has 0 aliphatic rings. The highest BCUT2D eigenvalue weighted by Gasteiger charge is 2.22. The molecule has 0 heterocycles. The molecule has 0 unspecified atom stereocenters. The fourth-order valence-electron chi connectivity index (χ4n) is 1.47. The first-order valence-corrected chi connectivity index (χ1v) is 6.61. The topological polar surface area (TPSA) is 86.5 Å². The normalized spacial score (nSPS) is 11.6. The highest BCUT2D eigenvalue weighted by Crippen LogP contribution is 2.20.